The Labute approximate surface area is 144 Å². The van der Waals surface area contributed by atoms with Crippen LogP contribution in [0.25, 0.3) is 11.3 Å². The number of aromatic nitrogens is 1. The summed E-state index contributed by atoms with van der Waals surface area (Å²) >= 11 is 0. The van der Waals surface area contributed by atoms with Crippen LogP contribution in [-0.2, 0) is 13.1 Å². The number of rotatable bonds is 7. The molecule has 130 valence electrons. The number of hydrogen-bond acceptors (Lipinski definition) is 4. The van der Waals surface area contributed by atoms with Crippen LogP contribution in [0.5, 0.6) is 5.75 Å². The van der Waals surface area contributed by atoms with Crippen LogP contribution in [0.15, 0.2) is 65.2 Å². The summed E-state index contributed by atoms with van der Waals surface area (Å²) in [6, 6.07) is 16.4. The maximum Gasteiger partial charge on any atom is 0.387 e. The lowest BCUT2D eigenvalue weighted by Crippen LogP contribution is -2.17. The summed E-state index contributed by atoms with van der Waals surface area (Å²) in [6.45, 7) is -1.63. The fourth-order valence-corrected chi connectivity index (χ4v) is 2.49. The van der Waals surface area contributed by atoms with Crippen molar-refractivity contribution < 1.29 is 17.9 Å². The van der Waals surface area contributed by atoms with Crippen LogP contribution in [-0.4, -0.2) is 23.5 Å². The molecule has 0 saturated heterocycles. The van der Waals surface area contributed by atoms with Crippen molar-refractivity contribution in [1.82, 2.24) is 9.88 Å². The lowest BCUT2D eigenvalue weighted by atomic mass is 10.2. The summed E-state index contributed by atoms with van der Waals surface area (Å²) in [5, 5.41) is 0. The average molecular weight is 344 g/mol. The van der Waals surface area contributed by atoms with Gasteiger partial charge in [-0.2, -0.15) is 8.78 Å². The quantitative estimate of drug-likeness (QED) is 0.629. The zero-order valence-corrected chi connectivity index (χ0v) is 13.7. The minimum atomic E-state index is -2.81. The van der Waals surface area contributed by atoms with E-state index in [4.69, 9.17) is 4.42 Å². The first-order chi connectivity index (χ1) is 12.1. The normalized spacial score (nSPS) is 11.2. The van der Waals surface area contributed by atoms with Gasteiger partial charge in [-0.25, -0.2) is 4.98 Å². The number of hydrogen-bond donors (Lipinski definition) is 0. The molecule has 0 saturated carbocycles. The van der Waals surface area contributed by atoms with Gasteiger partial charge in [0, 0.05) is 12.1 Å². The van der Waals surface area contributed by atoms with E-state index >= 15 is 0 Å². The minimum Gasteiger partial charge on any atom is -0.439 e. The summed E-state index contributed by atoms with van der Waals surface area (Å²) in [6.07, 6.45) is 1.72. The van der Waals surface area contributed by atoms with Gasteiger partial charge >= 0.3 is 6.61 Å². The van der Waals surface area contributed by atoms with Crippen molar-refractivity contribution in [1.29, 1.82) is 0 Å². The molecule has 0 amide bonds. The topological polar surface area (TPSA) is 38.5 Å². The van der Waals surface area contributed by atoms with Crippen molar-refractivity contribution in [2.45, 2.75) is 19.7 Å². The molecule has 0 aliphatic rings. The van der Waals surface area contributed by atoms with Crippen molar-refractivity contribution >= 4 is 0 Å². The lowest BCUT2D eigenvalue weighted by molar-refractivity contribution is -0.0498. The molecule has 25 heavy (non-hydrogen) atoms. The molecule has 0 unspecified atom stereocenters. The molecule has 0 N–H and O–H groups in total. The number of halogens is 2. The van der Waals surface area contributed by atoms with Gasteiger partial charge in [0.2, 0.25) is 5.89 Å². The SMILES string of the molecule is CN(Cc1ccc(OC(F)F)cc1)Cc1ncc(-c2ccccc2)o1. The molecule has 0 bridgehead atoms. The van der Waals surface area contributed by atoms with E-state index in [0.29, 0.717) is 19.0 Å². The Kier molecular flexibility index (Phi) is 5.40. The summed E-state index contributed by atoms with van der Waals surface area (Å²) < 4.78 is 34.4. The van der Waals surface area contributed by atoms with E-state index in [2.05, 4.69) is 9.72 Å². The molecule has 1 aromatic heterocycles. The molecule has 3 aromatic rings. The van der Waals surface area contributed by atoms with Crippen molar-refractivity contribution in [3.05, 3.63) is 72.2 Å². The highest BCUT2D eigenvalue weighted by atomic mass is 19.3. The second-order valence-electron chi connectivity index (χ2n) is 5.68. The molecule has 0 radical (unpaired) electrons. The second-order valence-corrected chi connectivity index (χ2v) is 5.68. The highest BCUT2D eigenvalue weighted by molar-refractivity contribution is 5.55. The third-order valence-corrected chi connectivity index (χ3v) is 3.62. The zero-order chi connectivity index (χ0) is 17.6. The van der Waals surface area contributed by atoms with E-state index in [1.54, 1.807) is 18.3 Å². The Bertz CT molecular complexity index is 789. The number of oxazole rings is 1. The predicted octanol–water partition coefficient (Wildman–Crippen LogP) is 4.58. The van der Waals surface area contributed by atoms with Gasteiger partial charge in [-0.3, -0.25) is 4.90 Å². The summed E-state index contributed by atoms with van der Waals surface area (Å²) in [7, 11) is 1.94. The van der Waals surface area contributed by atoms with E-state index < -0.39 is 6.61 Å². The van der Waals surface area contributed by atoms with Gasteiger partial charge in [0.1, 0.15) is 5.75 Å². The molecule has 0 atom stereocenters. The maximum absolute atomic E-state index is 12.2. The third kappa shape index (κ3) is 4.87. The zero-order valence-electron chi connectivity index (χ0n) is 13.7. The molecule has 0 aliphatic heterocycles. The maximum atomic E-state index is 12.2. The van der Waals surface area contributed by atoms with Crippen molar-refractivity contribution in [3.63, 3.8) is 0 Å². The van der Waals surface area contributed by atoms with E-state index in [-0.39, 0.29) is 5.75 Å². The monoisotopic (exact) mass is 344 g/mol. The van der Waals surface area contributed by atoms with E-state index in [1.807, 2.05) is 42.3 Å². The number of ether oxygens (including phenoxy) is 1. The Balaban J connectivity index is 1.57. The van der Waals surface area contributed by atoms with E-state index in [0.717, 1.165) is 16.9 Å². The number of nitrogens with zero attached hydrogens (tertiary/aromatic N) is 2. The molecule has 0 fully saturated rings. The summed E-state index contributed by atoms with van der Waals surface area (Å²) in [5.41, 5.74) is 1.97. The summed E-state index contributed by atoms with van der Waals surface area (Å²) in [5.74, 6) is 1.51. The van der Waals surface area contributed by atoms with E-state index in [9.17, 15) is 8.78 Å². The molecule has 2 aromatic carbocycles. The fraction of sp³-hybridized carbons (Fsp3) is 0.211. The largest absolute Gasteiger partial charge is 0.439 e. The standard InChI is InChI=1S/C19H18F2N2O2/c1-23(12-14-7-9-16(10-8-14)24-19(20)21)13-18-22-11-17(25-18)15-5-3-2-4-6-15/h2-11,19H,12-13H2,1H3. The summed E-state index contributed by atoms with van der Waals surface area (Å²) in [4.78, 5) is 6.34. The Hall–Kier alpha value is -2.73. The molecular formula is C19H18F2N2O2. The van der Waals surface area contributed by atoms with Crippen LogP contribution in [0, 0.1) is 0 Å². The third-order valence-electron chi connectivity index (χ3n) is 3.62. The highest BCUT2D eigenvalue weighted by Crippen LogP contribution is 2.21. The predicted molar refractivity (Wildman–Crippen MR) is 90.2 cm³/mol. The van der Waals surface area contributed by atoms with E-state index in [1.165, 1.54) is 12.1 Å². The number of alkyl halides is 2. The first-order valence-corrected chi connectivity index (χ1v) is 7.82. The molecule has 4 nitrogen and oxygen atoms in total. The molecule has 1 heterocycles. The fourth-order valence-electron chi connectivity index (χ4n) is 2.49. The Morgan fingerprint density at radius 1 is 1.04 bits per heavy atom. The van der Waals surface area contributed by atoms with Crippen LogP contribution in [0.1, 0.15) is 11.5 Å². The molecule has 6 heteroatoms. The van der Waals surface area contributed by atoms with Crippen molar-refractivity contribution in [3.8, 4) is 17.1 Å². The van der Waals surface area contributed by atoms with Crippen LogP contribution in [0.2, 0.25) is 0 Å². The molecule has 0 aliphatic carbocycles. The average Bonchev–Trinajstić information content (AvgIpc) is 3.05. The first kappa shape index (κ1) is 17.1. The van der Waals surface area contributed by atoms with Crippen LogP contribution < -0.4 is 4.74 Å². The van der Waals surface area contributed by atoms with Crippen molar-refractivity contribution in [2.24, 2.45) is 0 Å². The van der Waals surface area contributed by atoms with Gasteiger partial charge < -0.3 is 9.15 Å². The number of benzene rings is 2. The van der Waals surface area contributed by atoms with Gasteiger partial charge in [0.25, 0.3) is 0 Å². The van der Waals surface area contributed by atoms with Gasteiger partial charge in [0.15, 0.2) is 5.76 Å². The van der Waals surface area contributed by atoms with Gasteiger partial charge in [0.05, 0.1) is 12.7 Å². The van der Waals surface area contributed by atoms with Crippen LogP contribution in [0.4, 0.5) is 8.78 Å². The smallest absolute Gasteiger partial charge is 0.387 e. The highest BCUT2D eigenvalue weighted by Gasteiger charge is 2.10. The van der Waals surface area contributed by atoms with Crippen LogP contribution in [0.3, 0.4) is 0 Å². The second kappa shape index (κ2) is 7.90. The lowest BCUT2D eigenvalue weighted by Gasteiger charge is -2.15. The Morgan fingerprint density at radius 2 is 1.76 bits per heavy atom. The van der Waals surface area contributed by atoms with Crippen LogP contribution >= 0.6 is 0 Å². The van der Waals surface area contributed by atoms with Gasteiger partial charge in [-0.1, -0.05) is 42.5 Å². The Morgan fingerprint density at radius 3 is 2.44 bits per heavy atom. The van der Waals surface area contributed by atoms with Crippen molar-refractivity contribution in [2.75, 3.05) is 7.05 Å². The first-order valence-electron chi connectivity index (χ1n) is 7.82. The molecular weight excluding hydrogens is 326 g/mol. The van der Waals surface area contributed by atoms with Gasteiger partial charge in [-0.15, -0.1) is 0 Å². The molecule has 3 rings (SSSR count). The minimum absolute atomic E-state index is 0.154. The molecule has 0 spiro atoms. The van der Waals surface area contributed by atoms with Gasteiger partial charge in [-0.05, 0) is 24.7 Å².